The van der Waals surface area contributed by atoms with Gasteiger partial charge in [0.15, 0.2) is 12.4 Å². The van der Waals surface area contributed by atoms with E-state index in [1.807, 2.05) is 18.2 Å². The summed E-state index contributed by atoms with van der Waals surface area (Å²) in [5.74, 6) is 1.11. The molecule has 3 aromatic rings. The van der Waals surface area contributed by atoms with Gasteiger partial charge in [0.2, 0.25) is 11.7 Å². The zero-order valence-corrected chi connectivity index (χ0v) is 17.5. The molecule has 0 saturated carbocycles. The molecule has 2 aromatic carbocycles. The minimum absolute atomic E-state index is 0.0911. The number of nitrogens with zero attached hydrogens (tertiary/aromatic N) is 4. The summed E-state index contributed by atoms with van der Waals surface area (Å²) in [4.78, 5) is 29.7. The highest BCUT2D eigenvalue weighted by Crippen LogP contribution is 2.34. The van der Waals surface area contributed by atoms with E-state index in [0.717, 1.165) is 12.8 Å². The summed E-state index contributed by atoms with van der Waals surface area (Å²) in [6.07, 6.45) is 2.47. The van der Waals surface area contributed by atoms with Crippen molar-refractivity contribution in [2.24, 2.45) is 0 Å². The monoisotopic (exact) mass is 438 g/mol. The largest absolute Gasteiger partial charge is 0.490 e. The lowest BCUT2D eigenvalue weighted by Crippen LogP contribution is -2.41. The summed E-state index contributed by atoms with van der Waals surface area (Å²) in [7, 11) is 1.37. The number of carbonyl (C=O) groups excluding carboxylic acids is 1. The number of aromatic nitrogens is 2. The molecule has 1 fully saturated rings. The van der Waals surface area contributed by atoms with Crippen LogP contribution in [-0.2, 0) is 4.79 Å². The Morgan fingerprint density at radius 1 is 1.25 bits per heavy atom. The standard InChI is InChI=1S/C22H22N4O6/c1-30-19-11-10-15(13-18(19)26(28)29)21-23-22(32-24-21)17-9-5-6-12-25(17)20(27)14-31-16-7-3-2-4-8-16/h2-4,7-8,10-11,13,17H,5-6,9,12,14H2,1H3/t17-/m0/s1. The van der Waals surface area contributed by atoms with Gasteiger partial charge in [-0.05, 0) is 43.5 Å². The smallest absolute Gasteiger partial charge is 0.311 e. The predicted octanol–water partition coefficient (Wildman–Crippen LogP) is 3.79. The topological polar surface area (TPSA) is 121 Å². The van der Waals surface area contributed by atoms with Gasteiger partial charge in [-0.2, -0.15) is 4.98 Å². The molecule has 1 atom stereocenters. The van der Waals surface area contributed by atoms with Crippen LogP contribution >= 0.6 is 0 Å². The van der Waals surface area contributed by atoms with E-state index in [9.17, 15) is 14.9 Å². The summed E-state index contributed by atoms with van der Waals surface area (Å²) >= 11 is 0. The van der Waals surface area contributed by atoms with Gasteiger partial charge in [0.25, 0.3) is 5.91 Å². The number of hydrogen-bond acceptors (Lipinski definition) is 8. The fraction of sp³-hybridized carbons (Fsp3) is 0.318. The average molecular weight is 438 g/mol. The average Bonchev–Trinajstić information content (AvgIpc) is 3.33. The molecule has 166 valence electrons. The first-order valence-corrected chi connectivity index (χ1v) is 10.2. The van der Waals surface area contributed by atoms with Gasteiger partial charge in [0, 0.05) is 18.2 Å². The molecule has 0 bridgehead atoms. The predicted molar refractivity (Wildman–Crippen MR) is 113 cm³/mol. The van der Waals surface area contributed by atoms with Gasteiger partial charge in [-0.3, -0.25) is 14.9 Å². The van der Waals surface area contributed by atoms with E-state index < -0.39 is 4.92 Å². The van der Waals surface area contributed by atoms with Crippen LogP contribution in [0.3, 0.4) is 0 Å². The molecule has 2 heterocycles. The van der Waals surface area contributed by atoms with E-state index in [1.165, 1.54) is 19.2 Å². The summed E-state index contributed by atoms with van der Waals surface area (Å²) in [6.45, 7) is 0.472. The zero-order valence-electron chi connectivity index (χ0n) is 17.5. The Hall–Kier alpha value is -3.95. The summed E-state index contributed by atoms with van der Waals surface area (Å²) in [5, 5.41) is 15.3. The van der Waals surface area contributed by atoms with E-state index >= 15 is 0 Å². The second-order valence-corrected chi connectivity index (χ2v) is 7.30. The maximum atomic E-state index is 12.8. The number of ether oxygens (including phenoxy) is 2. The minimum Gasteiger partial charge on any atom is -0.490 e. The maximum absolute atomic E-state index is 12.8. The summed E-state index contributed by atoms with van der Waals surface area (Å²) in [6, 6.07) is 13.2. The minimum atomic E-state index is -0.530. The highest BCUT2D eigenvalue weighted by Gasteiger charge is 2.32. The van der Waals surface area contributed by atoms with Crippen molar-refractivity contribution < 1.29 is 23.7 Å². The third-order valence-corrected chi connectivity index (χ3v) is 5.29. The Labute approximate surface area is 183 Å². The first-order valence-electron chi connectivity index (χ1n) is 10.2. The van der Waals surface area contributed by atoms with Crippen molar-refractivity contribution in [1.82, 2.24) is 15.0 Å². The number of likely N-dealkylation sites (tertiary alicyclic amines) is 1. The molecular formula is C22H22N4O6. The molecule has 0 unspecified atom stereocenters. The van der Waals surface area contributed by atoms with Crippen molar-refractivity contribution >= 4 is 11.6 Å². The number of para-hydroxylation sites is 1. The molecule has 1 amide bonds. The molecule has 10 nitrogen and oxygen atoms in total. The van der Waals surface area contributed by atoms with Crippen molar-refractivity contribution in [2.75, 3.05) is 20.3 Å². The number of nitro groups is 1. The highest BCUT2D eigenvalue weighted by molar-refractivity contribution is 5.78. The second kappa shape index (κ2) is 9.46. The van der Waals surface area contributed by atoms with Gasteiger partial charge in [-0.1, -0.05) is 23.4 Å². The van der Waals surface area contributed by atoms with Crippen LogP contribution in [0.2, 0.25) is 0 Å². The molecule has 32 heavy (non-hydrogen) atoms. The molecule has 1 aromatic heterocycles. The van der Waals surface area contributed by atoms with Gasteiger partial charge >= 0.3 is 5.69 Å². The molecule has 0 aliphatic carbocycles. The quantitative estimate of drug-likeness (QED) is 0.403. The van der Waals surface area contributed by atoms with Gasteiger partial charge in [-0.25, -0.2) is 0 Å². The molecule has 0 radical (unpaired) electrons. The lowest BCUT2D eigenvalue weighted by Gasteiger charge is -2.33. The summed E-state index contributed by atoms with van der Waals surface area (Å²) < 4.78 is 16.1. The second-order valence-electron chi connectivity index (χ2n) is 7.30. The molecule has 10 heteroatoms. The van der Waals surface area contributed by atoms with E-state index in [-0.39, 0.29) is 35.8 Å². The molecule has 1 saturated heterocycles. The van der Waals surface area contributed by atoms with Gasteiger partial charge in [-0.15, -0.1) is 0 Å². The Bertz CT molecular complexity index is 1100. The number of methoxy groups -OCH3 is 1. The van der Waals surface area contributed by atoms with Crippen LogP contribution in [0.15, 0.2) is 53.1 Å². The van der Waals surface area contributed by atoms with Gasteiger partial charge in [0.1, 0.15) is 11.8 Å². The van der Waals surface area contributed by atoms with Crippen molar-refractivity contribution in [1.29, 1.82) is 0 Å². The van der Waals surface area contributed by atoms with Crippen molar-refractivity contribution in [3.05, 3.63) is 64.5 Å². The van der Waals surface area contributed by atoms with Crippen molar-refractivity contribution in [3.8, 4) is 22.9 Å². The molecule has 1 aliphatic rings. The zero-order chi connectivity index (χ0) is 22.5. The summed E-state index contributed by atoms with van der Waals surface area (Å²) in [5.41, 5.74) is 0.234. The SMILES string of the molecule is COc1ccc(-c2noc([C@@H]3CCCCN3C(=O)COc3ccccc3)n2)cc1[N+](=O)[O-]. The fourth-order valence-corrected chi connectivity index (χ4v) is 3.69. The number of carbonyl (C=O) groups is 1. The lowest BCUT2D eigenvalue weighted by molar-refractivity contribution is -0.385. The third kappa shape index (κ3) is 4.53. The third-order valence-electron chi connectivity index (χ3n) is 5.29. The fourth-order valence-electron chi connectivity index (χ4n) is 3.69. The van der Waals surface area contributed by atoms with Gasteiger partial charge in [0.05, 0.1) is 12.0 Å². The Morgan fingerprint density at radius 3 is 2.81 bits per heavy atom. The van der Waals surface area contributed by atoms with Crippen LogP contribution in [-0.4, -0.2) is 46.1 Å². The Kier molecular flexibility index (Phi) is 6.29. The number of amides is 1. The number of nitro benzene ring substituents is 1. The molecule has 0 N–H and O–H groups in total. The van der Waals surface area contributed by atoms with Crippen molar-refractivity contribution in [3.63, 3.8) is 0 Å². The van der Waals surface area contributed by atoms with E-state index in [1.54, 1.807) is 23.1 Å². The maximum Gasteiger partial charge on any atom is 0.311 e. The van der Waals surface area contributed by atoms with E-state index in [2.05, 4.69) is 10.1 Å². The Balaban J connectivity index is 1.52. The lowest BCUT2D eigenvalue weighted by atomic mass is 10.0. The Morgan fingerprint density at radius 2 is 2.06 bits per heavy atom. The van der Waals surface area contributed by atoms with Crippen molar-refractivity contribution in [2.45, 2.75) is 25.3 Å². The van der Waals surface area contributed by atoms with E-state index in [0.29, 0.717) is 30.2 Å². The van der Waals surface area contributed by atoms with Gasteiger partial charge < -0.3 is 18.9 Å². The highest BCUT2D eigenvalue weighted by atomic mass is 16.6. The molecular weight excluding hydrogens is 416 g/mol. The van der Waals surface area contributed by atoms with Crippen LogP contribution in [0.4, 0.5) is 5.69 Å². The van der Waals surface area contributed by atoms with Crippen LogP contribution in [0.5, 0.6) is 11.5 Å². The van der Waals surface area contributed by atoms with Crippen LogP contribution in [0, 0.1) is 10.1 Å². The van der Waals surface area contributed by atoms with Crippen LogP contribution in [0.25, 0.3) is 11.4 Å². The first kappa shape index (κ1) is 21.3. The number of rotatable bonds is 7. The first-order chi connectivity index (χ1) is 15.6. The van der Waals surface area contributed by atoms with Crippen LogP contribution in [0.1, 0.15) is 31.2 Å². The normalized spacial score (nSPS) is 15.9. The molecule has 1 aliphatic heterocycles. The number of piperidine rings is 1. The number of benzene rings is 2. The molecule has 4 rings (SSSR count). The van der Waals surface area contributed by atoms with E-state index in [4.69, 9.17) is 14.0 Å². The molecule has 0 spiro atoms. The number of hydrogen-bond donors (Lipinski definition) is 0. The van der Waals surface area contributed by atoms with Crippen LogP contribution < -0.4 is 9.47 Å².